The Labute approximate surface area is 359 Å². The third-order valence-corrected chi connectivity index (χ3v) is 15.9. The first-order valence-corrected chi connectivity index (χ1v) is 23.6. The Bertz CT molecular complexity index is 2250. The number of anilines is 3. The third-order valence-electron chi connectivity index (χ3n) is 11.4. The van der Waals surface area contributed by atoms with Crippen molar-refractivity contribution in [1.82, 2.24) is 9.88 Å². The number of aliphatic hydroxyl groups is 1. The molecule has 1 aromatic heterocycles. The van der Waals surface area contributed by atoms with Gasteiger partial charge in [0.1, 0.15) is 18.2 Å². The van der Waals surface area contributed by atoms with Gasteiger partial charge in [-0.2, -0.15) is 4.90 Å². The van der Waals surface area contributed by atoms with Gasteiger partial charge in [-0.1, -0.05) is 45.9 Å². The normalized spacial score (nSPS) is 14.8. The van der Waals surface area contributed by atoms with Crippen LogP contribution in [-0.2, 0) is 20.5 Å². The molecule has 0 saturated heterocycles. The fourth-order valence-corrected chi connectivity index (χ4v) is 8.31. The highest BCUT2D eigenvalue weighted by Gasteiger charge is 2.43. The van der Waals surface area contributed by atoms with E-state index >= 15 is 4.39 Å². The number of carbonyl (C=O) groups excluding carboxylic acids is 2. The van der Waals surface area contributed by atoms with E-state index in [-0.39, 0.29) is 60.0 Å². The van der Waals surface area contributed by atoms with Gasteiger partial charge >= 0.3 is 12.2 Å². The average molecular weight is 860 g/mol. The Hall–Kier alpha value is -5.25. The molecule has 1 saturated carbocycles. The van der Waals surface area contributed by atoms with E-state index in [1.165, 1.54) is 17.2 Å². The van der Waals surface area contributed by atoms with Gasteiger partial charge in [0.05, 0.1) is 6.10 Å². The maximum absolute atomic E-state index is 15.8. The molecule has 61 heavy (non-hydrogen) atoms. The average Bonchev–Trinajstić information content (AvgIpc) is 4.00. The van der Waals surface area contributed by atoms with Crippen molar-refractivity contribution in [2.45, 2.75) is 117 Å². The number of aryl methyl sites for hydroxylation is 1. The number of nitrogen functional groups attached to an aromatic ring is 1. The number of likely N-dealkylation sites (N-methyl/N-ethyl adjacent to an activating group) is 1. The van der Waals surface area contributed by atoms with E-state index in [0.717, 1.165) is 24.0 Å². The lowest BCUT2D eigenvalue weighted by Crippen LogP contribution is -2.46. The summed E-state index contributed by atoms with van der Waals surface area (Å²) < 4.78 is 34.2. The quantitative estimate of drug-likeness (QED) is 0.0661. The number of benzene rings is 3. The summed E-state index contributed by atoms with van der Waals surface area (Å²) in [6.45, 7) is 19.7. The molecular weight excluding hydrogens is 798 g/mol. The highest BCUT2D eigenvalue weighted by atomic mass is 28.4. The summed E-state index contributed by atoms with van der Waals surface area (Å²) in [5, 5.41) is 24.2. The molecule has 330 valence electrons. The van der Waals surface area contributed by atoms with Crippen LogP contribution in [0.3, 0.4) is 0 Å². The molecule has 0 bridgehead atoms. The van der Waals surface area contributed by atoms with Crippen LogP contribution < -0.4 is 20.7 Å². The number of ether oxygens (including phenoxy) is 2. The molecule has 0 spiro atoms. The molecule has 1 unspecified atom stereocenters. The van der Waals surface area contributed by atoms with Gasteiger partial charge in [0, 0.05) is 60.7 Å². The molecule has 3 aromatic carbocycles. The Kier molecular flexibility index (Phi) is 14.1. The molecule has 13 nitrogen and oxygen atoms in total. The van der Waals surface area contributed by atoms with E-state index in [0.29, 0.717) is 38.4 Å². The predicted molar refractivity (Wildman–Crippen MR) is 239 cm³/mol. The summed E-state index contributed by atoms with van der Waals surface area (Å²) in [5.74, 6) is -0.899. The molecule has 5 rings (SSSR count). The second-order valence-corrected chi connectivity index (χ2v) is 23.5. The molecule has 1 heterocycles. The molecule has 1 fully saturated rings. The first kappa shape index (κ1) is 46.8. The van der Waals surface area contributed by atoms with Crippen molar-refractivity contribution >= 4 is 54.4 Å². The van der Waals surface area contributed by atoms with Crippen molar-refractivity contribution in [1.29, 1.82) is 0 Å². The Morgan fingerprint density at radius 2 is 1.72 bits per heavy atom. The Morgan fingerprint density at radius 3 is 2.31 bits per heavy atom. The molecule has 5 N–H and O–H groups in total. The minimum Gasteiger partial charge on any atom is -0.487 e. The zero-order chi connectivity index (χ0) is 45.2. The van der Waals surface area contributed by atoms with Gasteiger partial charge in [0.15, 0.2) is 25.7 Å². The van der Waals surface area contributed by atoms with Gasteiger partial charge in [-0.15, -0.1) is 0 Å². The number of hydrogen-bond acceptors (Lipinski definition) is 10. The maximum atomic E-state index is 15.8. The molecule has 1 aliphatic rings. The minimum absolute atomic E-state index is 0.0155. The number of rotatable bonds is 15. The van der Waals surface area contributed by atoms with Crippen molar-refractivity contribution in [2.75, 3.05) is 36.2 Å². The maximum Gasteiger partial charge on any atom is 0.425 e. The second-order valence-electron chi connectivity index (χ2n) is 18.7. The summed E-state index contributed by atoms with van der Waals surface area (Å²) in [6, 6.07) is 14.2. The van der Waals surface area contributed by atoms with Crippen LogP contribution in [0, 0.1) is 18.7 Å². The van der Waals surface area contributed by atoms with E-state index in [1.54, 1.807) is 58.2 Å². The molecule has 0 aliphatic heterocycles. The van der Waals surface area contributed by atoms with Gasteiger partial charge in [-0.25, -0.2) is 19.0 Å². The molecule has 1 aliphatic carbocycles. The van der Waals surface area contributed by atoms with Gasteiger partial charge in [-0.3, -0.25) is 4.79 Å². The van der Waals surface area contributed by atoms with Gasteiger partial charge in [0.2, 0.25) is 5.91 Å². The molecule has 3 atom stereocenters. The lowest BCUT2D eigenvalue weighted by atomic mass is 9.93. The van der Waals surface area contributed by atoms with Crippen LogP contribution in [0.2, 0.25) is 18.1 Å². The number of halogens is 1. The van der Waals surface area contributed by atoms with E-state index in [4.69, 9.17) is 19.6 Å². The fourth-order valence-electron chi connectivity index (χ4n) is 6.94. The molecular formula is C46H62FN5O8Si. The van der Waals surface area contributed by atoms with Crippen molar-refractivity contribution < 1.29 is 42.9 Å². The summed E-state index contributed by atoms with van der Waals surface area (Å²) in [5.41, 5.74) is 8.75. The fraction of sp³-hybridized carbons (Fsp3) is 0.478. The van der Waals surface area contributed by atoms with Crippen molar-refractivity contribution in [3.05, 3.63) is 88.9 Å². The highest BCUT2D eigenvalue weighted by Crippen LogP contribution is 2.43. The van der Waals surface area contributed by atoms with E-state index < -0.39 is 38.0 Å². The Balaban J connectivity index is 1.47. The van der Waals surface area contributed by atoms with Crippen LogP contribution in [0.5, 0.6) is 5.75 Å². The molecule has 0 radical (unpaired) electrons. The number of carbonyl (C=O) groups is 3. The monoisotopic (exact) mass is 859 g/mol. The number of fused-ring (bicyclic) bond motifs is 1. The van der Waals surface area contributed by atoms with Crippen LogP contribution in [0.25, 0.3) is 10.8 Å². The number of aliphatic hydroxyl groups excluding tert-OH is 1. The van der Waals surface area contributed by atoms with Crippen LogP contribution in [0.15, 0.2) is 60.8 Å². The number of aromatic nitrogens is 1. The Morgan fingerprint density at radius 1 is 1.03 bits per heavy atom. The van der Waals surface area contributed by atoms with Crippen molar-refractivity contribution in [3.63, 3.8) is 0 Å². The lowest BCUT2D eigenvalue weighted by molar-refractivity contribution is -0.131. The number of imide groups is 1. The molecule has 3 amide bonds. The number of hydrogen-bond donors (Lipinski definition) is 4. The van der Waals surface area contributed by atoms with Crippen LogP contribution in [0.4, 0.5) is 31.2 Å². The molecule has 4 aromatic rings. The van der Waals surface area contributed by atoms with Crippen LogP contribution in [0.1, 0.15) is 95.5 Å². The number of amides is 3. The number of nitrogens with two attached hydrogens (primary N) is 1. The largest absolute Gasteiger partial charge is 0.487 e. The second kappa shape index (κ2) is 18.4. The first-order valence-electron chi connectivity index (χ1n) is 20.7. The van der Waals surface area contributed by atoms with Crippen LogP contribution >= 0.6 is 0 Å². The standard InChI is InChI=1S/C46H62FN5O8Si/c1-27-20-31(14-16-35(27)28(2)25-53)39(50-34-15-17-36-30(22-34)18-19-49-41(36)52(43(55)56)44(57)59-45(3,4)5)42(54)51(9)24-32-21-33(48)23-37(47)40(32)58-26-38(29-12-13-29)60-61(10,11)46(6,7)8/h14-23,28-29,38-39,50,53H,12-13,24-26,48H2,1-11H3,(H,55,56)/t28-,38-,39?/m0/s1. The van der Waals surface area contributed by atoms with Gasteiger partial charge < -0.3 is 40.1 Å². The summed E-state index contributed by atoms with van der Waals surface area (Å²) in [6.07, 6.45) is 0.576. The number of nitrogens with zero attached hydrogens (tertiary/aromatic N) is 3. The lowest BCUT2D eigenvalue weighted by Gasteiger charge is -2.39. The van der Waals surface area contributed by atoms with E-state index in [2.05, 4.69) is 44.2 Å². The topological polar surface area (TPSA) is 177 Å². The smallest absolute Gasteiger partial charge is 0.425 e. The van der Waals surface area contributed by atoms with E-state index in [9.17, 15) is 24.6 Å². The number of nitrogens with one attached hydrogen (secondary N) is 1. The summed E-state index contributed by atoms with van der Waals surface area (Å²) in [4.78, 5) is 46.2. The van der Waals surface area contributed by atoms with Gasteiger partial charge in [-0.05, 0) is 117 Å². The third kappa shape index (κ3) is 11.4. The van der Waals surface area contributed by atoms with Crippen molar-refractivity contribution in [3.8, 4) is 5.75 Å². The minimum atomic E-state index is -2.15. The molecule has 15 heteroatoms. The number of pyridine rings is 1. The first-order chi connectivity index (χ1) is 28.4. The van der Waals surface area contributed by atoms with Crippen LogP contribution in [-0.4, -0.2) is 78.5 Å². The van der Waals surface area contributed by atoms with Gasteiger partial charge in [0.25, 0.3) is 0 Å². The highest BCUT2D eigenvalue weighted by molar-refractivity contribution is 6.74. The zero-order valence-corrected chi connectivity index (χ0v) is 38.3. The van der Waals surface area contributed by atoms with E-state index in [1.807, 2.05) is 32.0 Å². The predicted octanol–water partition coefficient (Wildman–Crippen LogP) is 9.77. The van der Waals surface area contributed by atoms with Crippen molar-refractivity contribution in [2.24, 2.45) is 5.92 Å². The number of carboxylic acid groups (broad SMARTS) is 1. The summed E-state index contributed by atoms with van der Waals surface area (Å²) in [7, 11) is -0.529. The SMILES string of the molecule is Cc1cc(C(Nc2ccc3c(N(C(=O)O)C(=O)OC(C)(C)C)nccc3c2)C(=O)N(C)Cc2cc(N)cc(F)c2OC[C@H](O[Si](C)(C)C(C)(C)C)C2CC2)ccc1[C@@H](C)CO. The summed E-state index contributed by atoms with van der Waals surface area (Å²) >= 11 is 0. The zero-order valence-electron chi connectivity index (χ0n) is 37.3.